The van der Waals surface area contributed by atoms with Gasteiger partial charge in [0.05, 0.1) is 17.2 Å². The SMILES string of the molecule is Cc1cc(C)c(C)c(S(=O)(=O)NCC(c2ccco2)N(C)C)c1C. The molecule has 0 amide bonds. The molecule has 0 aliphatic carbocycles. The predicted octanol–water partition coefficient (Wildman–Crippen LogP) is 3.09. The van der Waals surface area contributed by atoms with Crippen molar-refractivity contribution in [2.75, 3.05) is 20.6 Å². The van der Waals surface area contributed by atoms with Crippen LogP contribution in [0.4, 0.5) is 0 Å². The van der Waals surface area contributed by atoms with E-state index in [-0.39, 0.29) is 12.6 Å². The van der Waals surface area contributed by atoms with E-state index >= 15 is 0 Å². The first-order valence-electron chi connectivity index (χ1n) is 7.92. The molecule has 0 fully saturated rings. The number of hydrogen-bond acceptors (Lipinski definition) is 4. The highest BCUT2D eigenvalue weighted by Gasteiger charge is 2.25. The van der Waals surface area contributed by atoms with Gasteiger partial charge >= 0.3 is 0 Å². The van der Waals surface area contributed by atoms with Gasteiger partial charge in [0.15, 0.2) is 0 Å². The molecule has 2 rings (SSSR count). The summed E-state index contributed by atoms with van der Waals surface area (Å²) in [6.45, 7) is 7.83. The molecule has 0 spiro atoms. The average Bonchev–Trinajstić information content (AvgIpc) is 2.99. The van der Waals surface area contributed by atoms with Crippen LogP contribution >= 0.6 is 0 Å². The number of benzene rings is 1. The summed E-state index contributed by atoms with van der Waals surface area (Å²) in [5, 5.41) is 0. The maximum atomic E-state index is 12.9. The molecule has 0 aliphatic rings. The molecule has 0 aliphatic heterocycles. The Morgan fingerprint density at radius 1 is 1.12 bits per heavy atom. The van der Waals surface area contributed by atoms with Crippen LogP contribution in [0.5, 0.6) is 0 Å². The molecule has 5 nitrogen and oxygen atoms in total. The van der Waals surface area contributed by atoms with E-state index in [2.05, 4.69) is 4.72 Å². The maximum Gasteiger partial charge on any atom is 0.241 e. The Bertz CT molecular complexity index is 783. The van der Waals surface area contributed by atoms with Crippen LogP contribution in [0.3, 0.4) is 0 Å². The fraction of sp³-hybridized carbons (Fsp3) is 0.444. The lowest BCUT2D eigenvalue weighted by Crippen LogP contribution is -2.35. The fourth-order valence-corrected chi connectivity index (χ4v) is 4.51. The summed E-state index contributed by atoms with van der Waals surface area (Å²) >= 11 is 0. The highest BCUT2D eigenvalue weighted by atomic mass is 32.2. The van der Waals surface area contributed by atoms with E-state index in [4.69, 9.17) is 4.42 Å². The molecule has 1 N–H and O–H groups in total. The third-order valence-electron chi connectivity index (χ3n) is 4.53. The molecule has 0 saturated carbocycles. The van der Waals surface area contributed by atoms with Gasteiger partial charge in [-0.05, 0) is 76.2 Å². The van der Waals surface area contributed by atoms with Crippen molar-refractivity contribution in [3.8, 4) is 0 Å². The van der Waals surface area contributed by atoms with Crippen LogP contribution in [-0.2, 0) is 10.0 Å². The van der Waals surface area contributed by atoms with E-state index in [0.29, 0.717) is 4.90 Å². The van der Waals surface area contributed by atoms with E-state index in [1.165, 1.54) is 0 Å². The molecule has 1 aromatic carbocycles. The molecule has 0 bridgehead atoms. The standard InChI is InChI=1S/C18H26N2O3S/c1-12-10-13(2)15(4)18(14(12)3)24(21,22)19-11-16(20(5)6)17-8-7-9-23-17/h7-10,16,19H,11H2,1-6H3. The first-order valence-corrected chi connectivity index (χ1v) is 9.40. The molecule has 132 valence electrons. The number of nitrogens with one attached hydrogen (secondary N) is 1. The average molecular weight is 350 g/mol. The molecular formula is C18H26N2O3S. The van der Waals surface area contributed by atoms with Crippen molar-refractivity contribution in [1.82, 2.24) is 9.62 Å². The first kappa shape index (κ1) is 18.7. The van der Waals surface area contributed by atoms with E-state index in [9.17, 15) is 8.42 Å². The van der Waals surface area contributed by atoms with Gasteiger partial charge in [0.25, 0.3) is 0 Å². The highest BCUT2D eigenvalue weighted by Crippen LogP contribution is 2.26. The molecule has 2 aromatic rings. The lowest BCUT2D eigenvalue weighted by atomic mass is 10.0. The van der Waals surface area contributed by atoms with E-state index in [0.717, 1.165) is 28.0 Å². The molecule has 1 unspecified atom stereocenters. The quantitative estimate of drug-likeness (QED) is 0.869. The van der Waals surface area contributed by atoms with Crippen LogP contribution in [0.1, 0.15) is 34.1 Å². The summed E-state index contributed by atoms with van der Waals surface area (Å²) < 4.78 is 34.0. The van der Waals surface area contributed by atoms with Gasteiger partial charge in [-0.2, -0.15) is 0 Å². The summed E-state index contributed by atoms with van der Waals surface area (Å²) in [7, 11) is 0.191. The van der Waals surface area contributed by atoms with Crippen molar-refractivity contribution in [1.29, 1.82) is 0 Å². The number of likely N-dealkylation sites (N-methyl/N-ethyl adjacent to an activating group) is 1. The van der Waals surface area contributed by atoms with E-state index in [1.807, 2.05) is 58.8 Å². The second-order valence-corrected chi connectivity index (χ2v) is 8.14. The molecule has 1 atom stereocenters. The van der Waals surface area contributed by atoms with Crippen LogP contribution in [0, 0.1) is 27.7 Å². The number of hydrogen-bond donors (Lipinski definition) is 1. The summed E-state index contributed by atoms with van der Waals surface area (Å²) in [6.07, 6.45) is 1.60. The van der Waals surface area contributed by atoms with Crippen LogP contribution < -0.4 is 4.72 Å². The number of nitrogens with zero attached hydrogens (tertiary/aromatic N) is 1. The zero-order valence-corrected chi connectivity index (χ0v) is 16.0. The third-order valence-corrected chi connectivity index (χ3v) is 6.22. The van der Waals surface area contributed by atoms with Crippen molar-refractivity contribution >= 4 is 10.0 Å². The van der Waals surface area contributed by atoms with Crippen LogP contribution in [0.2, 0.25) is 0 Å². The normalized spacial score (nSPS) is 13.5. The third kappa shape index (κ3) is 3.71. The molecular weight excluding hydrogens is 324 g/mol. The smallest absolute Gasteiger partial charge is 0.241 e. The summed E-state index contributed by atoms with van der Waals surface area (Å²) in [4.78, 5) is 2.32. The van der Waals surface area contributed by atoms with Crippen molar-refractivity contribution in [3.05, 3.63) is 52.5 Å². The molecule has 1 aromatic heterocycles. The molecule has 1 heterocycles. The number of sulfonamides is 1. The van der Waals surface area contributed by atoms with Crippen molar-refractivity contribution in [2.45, 2.75) is 38.6 Å². The van der Waals surface area contributed by atoms with Crippen LogP contribution in [0.15, 0.2) is 33.8 Å². The Labute approximate surface area is 144 Å². The second-order valence-electron chi connectivity index (χ2n) is 6.44. The Morgan fingerprint density at radius 2 is 1.71 bits per heavy atom. The monoisotopic (exact) mass is 350 g/mol. The summed E-state index contributed by atoms with van der Waals surface area (Å²) in [5.74, 6) is 0.733. The lowest BCUT2D eigenvalue weighted by molar-refractivity contribution is 0.259. The fourth-order valence-electron chi connectivity index (χ4n) is 2.86. The van der Waals surface area contributed by atoms with Crippen molar-refractivity contribution in [3.63, 3.8) is 0 Å². The van der Waals surface area contributed by atoms with Crippen molar-refractivity contribution < 1.29 is 12.8 Å². The minimum absolute atomic E-state index is 0.165. The predicted molar refractivity (Wildman–Crippen MR) is 95.7 cm³/mol. The van der Waals surface area contributed by atoms with Gasteiger partial charge in [0.2, 0.25) is 10.0 Å². The van der Waals surface area contributed by atoms with Crippen LogP contribution in [0.25, 0.3) is 0 Å². The molecule has 24 heavy (non-hydrogen) atoms. The highest BCUT2D eigenvalue weighted by molar-refractivity contribution is 7.89. The van der Waals surface area contributed by atoms with Gasteiger partial charge in [0, 0.05) is 6.54 Å². The van der Waals surface area contributed by atoms with Crippen molar-refractivity contribution in [2.24, 2.45) is 0 Å². The molecule has 0 radical (unpaired) electrons. The zero-order chi connectivity index (χ0) is 18.1. The molecule has 6 heteroatoms. The van der Waals surface area contributed by atoms with E-state index in [1.54, 1.807) is 12.3 Å². The first-order chi connectivity index (χ1) is 11.1. The topological polar surface area (TPSA) is 62.6 Å². The Morgan fingerprint density at radius 3 is 2.17 bits per heavy atom. The lowest BCUT2D eigenvalue weighted by Gasteiger charge is -2.23. The second kappa shape index (κ2) is 7.09. The number of furan rings is 1. The zero-order valence-electron chi connectivity index (χ0n) is 15.2. The summed E-state index contributed by atoms with van der Waals surface area (Å²) in [6, 6.07) is 5.52. The van der Waals surface area contributed by atoms with Gasteiger partial charge in [-0.15, -0.1) is 0 Å². The maximum absolute atomic E-state index is 12.9. The van der Waals surface area contributed by atoms with Gasteiger partial charge in [-0.1, -0.05) is 6.07 Å². The van der Waals surface area contributed by atoms with Gasteiger partial charge in [0.1, 0.15) is 5.76 Å². The largest absolute Gasteiger partial charge is 0.468 e. The Kier molecular flexibility index (Phi) is 5.52. The molecule has 0 saturated heterocycles. The van der Waals surface area contributed by atoms with Crippen LogP contribution in [-0.4, -0.2) is 34.0 Å². The van der Waals surface area contributed by atoms with Gasteiger partial charge < -0.3 is 4.42 Å². The number of rotatable bonds is 6. The minimum Gasteiger partial charge on any atom is -0.468 e. The minimum atomic E-state index is -3.60. The van der Waals surface area contributed by atoms with Gasteiger partial charge in [-0.25, -0.2) is 13.1 Å². The van der Waals surface area contributed by atoms with Gasteiger partial charge in [-0.3, -0.25) is 4.90 Å². The van der Waals surface area contributed by atoms with E-state index < -0.39 is 10.0 Å². The Hall–Kier alpha value is -1.63. The summed E-state index contributed by atoms with van der Waals surface area (Å²) in [5.41, 5.74) is 3.55. The Balaban J connectivity index is 2.33. The number of aryl methyl sites for hydroxylation is 2.